The van der Waals surface area contributed by atoms with Crippen LogP contribution >= 0.6 is 15.9 Å². The molecule has 5 heteroatoms. The zero-order valence-corrected chi connectivity index (χ0v) is 10.8. The number of halogens is 4. The molecule has 3 unspecified atom stereocenters. The summed E-state index contributed by atoms with van der Waals surface area (Å²) in [7, 11) is 0. The first kappa shape index (κ1) is 12.9. The predicted octanol–water partition coefficient (Wildman–Crippen LogP) is 3.96. The van der Waals surface area contributed by atoms with Crippen LogP contribution in [-0.2, 0) is 4.74 Å². The molecule has 94 valence electrons. The van der Waals surface area contributed by atoms with Crippen LogP contribution in [0.4, 0.5) is 13.2 Å². The smallest absolute Gasteiger partial charge is 0.133 e. The minimum atomic E-state index is -0.913. The first-order chi connectivity index (χ1) is 8.00. The molecule has 0 amide bonds. The number of rotatable bonds is 2. The maximum atomic E-state index is 13.6. The Kier molecular flexibility index (Phi) is 3.78. The Balaban J connectivity index is 2.33. The van der Waals surface area contributed by atoms with E-state index in [-0.39, 0.29) is 17.6 Å². The topological polar surface area (TPSA) is 9.23 Å². The van der Waals surface area contributed by atoms with Gasteiger partial charge in [0.15, 0.2) is 0 Å². The van der Waals surface area contributed by atoms with Gasteiger partial charge in [-0.15, -0.1) is 0 Å². The normalized spacial score (nSPS) is 26.2. The van der Waals surface area contributed by atoms with Gasteiger partial charge in [-0.05, 0) is 12.3 Å². The van der Waals surface area contributed by atoms with Gasteiger partial charge in [-0.25, -0.2) is 13.2 Å². The van der Waals surface area contributed by atoms with E-state index < -0.39 is 22.3 Å². The van der Waals surface area contributed by atoms with Crippen molar-refractivity contribution in [1.29, 1.82) is 0 Å². The van der Waals surface area contributed by atoms with Gasteiger partial charge in [0.1, 0.15) is 17.5 Å². The predicted molar refractivity (Wildman–Crippen MR) is 61.5 cm³/mol. The second kappa shape index (κ2) is 4.98. The molecule has 1 aliphatic rings. The van der Waals surface area contributed by atoms with Crippen LogP contribution in [0.5, 0.6) is 0 Å². The molecule has 17 heavy (non-hydrogen) atoms. The van der Waals surface area contributed by atoms with E-state index in [4.69, 9.17) is 4.74 Å². The van der Waals surface area contributed by atoms with Crippen LogP contribution in [-0.4, -0.2) is 12.7 Å². The van der Waals surface area contributed by atoms with Crippen molar-refractivity contribution in [3.05, 3.63) is 35.1 Å². The van der Waals surface area contributed by atoms with Gasteiger partial charge in [0.05, 0.1) is 10.9 Å². The lowest BCUT2D eigenvalue weighted by atomic mass is 9.97. The van der Waals surface area contributed by atoms with E-state index in [1.807, 2.05) is 6.92 Å². The first-order valence-corrected chi connectivity index (χ1v) is 6.32. The van der Waals surface area contributed by atoms with Gasteiger partial charge in [-0.2, -0.15) is 0 Å². The summed E-state index contributed by atoms with van der Waals surface area (Å²) in [5.74, 6) is -2.47. The maximum absolute atomic E-state index is 13.6. The fourth-order valence-electron chi connectivity index (χ4n) is 2.07. The lowest BCUT2D eigenvalue weighted by molar-refractivity contribution is 0.0919. The third-order valence-corrected chi connectivity index (χ3v) is 4.03. The van der Waals surface area contributed by atoms with Crippen LogP contribution in [0.1, 0.15) is 23.7 Å². The minimum absolute atomic E-state index is 0.162. The number of benzene rings is 1. The molecule has 1 fully saturated rings. The molecule has 2 rings (SSSR count). The van der Waals surface area contributed by atoms with E-state index in [0.29, 0.717) is 18.7 Å². The van der Waals surface area contributed by atoms with E-state index in [0.717, 1.165) is 6.42 Å². The van der Waals surface area contributed by atoms with Crippen LogP contribution in [0.15, 0.2) is 12.1 Å². The molecule has 1 saturated heterocycles. The second-order valence-corrected chi connectivity index (χ2v) is 5.27. The van der Waals surface area contributed by atoms with Crippen LogP contribution in [0.2, 0.25) is 0 Å². The highest BCUT2D eigenvalue weighted by molar-refractivity contribution is 9.09. The summed E-state index contributed by atoms with van der Waals surface area (Å²) in [4.78, 5) is -0.597. The van der Waals surface area contributed by atoms with Crippen molar-refractivity contribution >= 4 is 15.9 Å². The Bertz CT molecular complexity index is 401. The molecule has 0 bridgehead atoms. The Morgan fingerprint density at radius 3 is 2.35 bits per heavy atom. The molecular weight excluding hydrogens is 297 g/mol. The average molecular weight is 309 g/mol. The van der Waals surface area contributed by atoms with E-state index in [1.165, 1.54) is 0 Å². The second-order valence-electron chi connectivity index (χ2n) is 4.29. The summed E-state index contributed by atoms with van der Waals surface area (Å²) in [5.41, 5.74) is -0.162. The van der Waals surface area contributed by atoms with Crippen LogP contribution in [0.3, 0.4) is 0 Å². The molecule has 0 N–H and O–H groups in total. The molecule has 1 nitrogen and oxygen atoms in total. The van der Waals surface area contributed by atoms with Gasteiger partial charge in [-0.1, -0.05) is 22.9 Å². The Hall–Kier alpha value is -0.550. The molecule has 0 aliphatic carbocycles. The monoisotopic (exact) mass is 308 g/mol. The van der Waals surface area contributed by atoms with Crippen molar-refractivity contribution in [1.82, 2.24) is 0 Å². The minimum Gasteiger partial charge on any atom is -0.376 e. The molecule has 0 spiro atoms. The standard InChI is InChI=1S/C12H12BrF3O/c1-6-2-3-17-12(6)11(13)10-8(15)4-7(14)5-9(10)16/h4-6,11-12H,2-3H2,1H3. The van der Waals surface area contributed by atoms with E-state index in [1.54, 1.807) is 0 Å². The van der Waals surface area contributed by atoms with E-state index in [9.17, 15) is 13.2 Å². The van der Waals surface area contributed by atoms with Crippen LogP contribution in [0, 0.1) is 23.4 Å². The fraction of sp³-hybridized carbons (Fsp3) is 0.500. The van der Waals surface area contributed by atoms with Gasteiger partial charge in [0.25, 0.3) is 0 Å². The van der Waals surface area contributed by atoms with Gasteiger partial charge in [0, 0.05) is 24.3 Å². The lowest BCUT2D eigenvalue weighted by Gasteiger charge is -2.22. The summed E-state index contributed by atoms with van der Waals surface area (Å²) < 4.78 is 45.4. The van der Waals surface area contributed by atoms with Gasteiger partial charge in [0.2, 0.25) is 0 Å². The molecule has 0 saturated carbocycles. The van der Waals surface area contributed by atoms with Crippen molar-refractivity contribution in [3.63, 3.8) is 0 Å². The highest BCUT2D eigenvalue weighted by Gasteiger charge is 2.34. The van der Waals surface area contributed by atoms with Crippen molar-refractivity contribution in [2.75, 3.05) is 6.61 Å². The van der Waals surface area contributed by atoms with Crippen LogP contribution in [0.25, 0.3) is 0 Å². The highest BCUT2D eigenvalue weighted by atomic mass is 79.9. The molecule has 1 aromatic rings. The lowest BCUT2D eigenvalue weighted by Crippen LogP contribution is -2.21. The Morgan fingerprint density at radius 2 is 1.88 bits per heavy atom. The zero-order valence-electron chi connectivity index (χ0n) is 9.22. The van der Waals surface area contributed by atoms with Gasteiger partial charge in [-0.3, -0.25) is 0 Å². The third-order valence-electron chi connectivity index (χ3n) is 3.05. The third kappa shape index (κ3) is 2.50. The average Bonchev–Trinajstić information content (AvgIpc) is 2.62. The van der Waals surface area contributed by atoms with E-state index >= 15 is 0 Å². The maximum Gasteiger partial charge on any atom is 0.133 e. The summed E-state index contributed by atoms with van der Waals surface area (Å²) >= 11 is 3.25. The van der Waals surface area contributed by atoms with Crippen molar-refractivity contribution in [3.8, 4) is 0 Å². The fourth-order valence-corrected chi connectivity index (χ4v) is 3.18. The SMILES string of the molecule is CC1CCOC1C(Br)c1c(F)cc(F)cc1F. The summed E-state index contributed by atoms with van der Waals surface area (Å²) in [6.07, 6.45) is 0.571. The molecule has 3 atom stereocenters. The number of hydrogen-bond acceptors (Lipinski definition) is 1. The molecule has 0 radical (unpaired) electrons. The zero-order chi connectivity index (χ0) is 12.6. The summed E-state index contributed by atoms with van der Waals surface area (Å²) in [6, 6.07) is 1.37. The highest BCUT2D eigenvalue weighted by Crippen LogP contribution is 2.39. The van der Waals surface area contributed by atoms with Crippen molar-refractivity contribution in [2.24, 2.45) is 5.92 Å². The summed E-state index contributed by atoms with van der Waals surface area (Å²) in [6.45, 7) is 2.55. The molecule has 1 heterocycles. The van der Waals surface area contributed by atoms with Crippen molar-refractivity contribution < 1.29 is 17.9 Å². The van der Waals surface area contributed by atoms with E-state index in [2.05, 4.69) is 15.9 Å². The van der Waals surface area contributed by atoms with Gasteiger partial charge >= 0.3 is 0 Å². The molecule has 0 aromatic heterocycles. The van der Waals surface area contributed by atoms with Crippen molar-refractivity contribution in [2.45, 2.75) is 24.3 Å². The number of hydrogen-bond donors (Lipinski definition) is 0. The number of alkyl halides is 1. The number of ether oxygens (including phenoxy) is 1. The molecular formula is C12H12BrF3O. The largest absolute Gasteiger partial charge is 0.376 e. The summed E-state index contributed by atoms with van der Waals surface area (Å²) in [5, 5.41) is 0. The molecule has 1 aliphatic heterocycles. The first-order valence-electron chi connectivity index (χ1n) is 5.41. The Morgan fingerprint density at radius 1 is 1.29 bits per heavy atom. The quantitative estimate of drug-likeness (QED) is 0.751. The molecule has 1 aromatic carbocycles. The Labute approximate surface area is 106 Å². The van der Waals surface area contributed by atoms with Gasteiger partial charge < -0.3 is 4.74 Å². The van der Waals surface area contributed by atoms with Crippen LogP contribution < -0.4 is 0 Å².